The van der Waals surface area contributed by atoms with Crippen LogP contribution >= 0.6 is 0 Å². The molecule has 16 heavy (non-hydrogen) atoms. The van der Waals surface area contributed by atoms with E-state index < -0.39 is 0 Å². The van der Waals surface area contributed by atoms with Crippen molar-refractivity contribution in [1.82, 2.24) is 10.2 Å². The average molecular weight is 226 g/mol. The van der Waals surface area contributed by atoms with E-state index in [1.54, 1.807) is 0 Å². The van der Waals surface area contributed by atoms with Crippen molar-refractivity contribution in [2.24, 2.45) is 11.8 Å². The van der Waals surface area contributed by atoms with E-state index in [0.29, 0.717) is 11.8 Å². The summed E-state index contributed by atoms with van der Waals surface area (Å²) in [4.78, 5) is 14.2. The first-order valence-corrected chi connectivity index (χ1v) is 6.30. The summed E-state index contributed by atoms with van der Waals surface area (Å²) in [5, 5.41) is 12.6. The second-order valence-corrected chi connectivity index (χ2v) is 5.25. The maximum absolute atomic E-state index is 12.3. The van der Waals surface area contributed by atoms with Gasteiger partial charge < -0.3 is 15.3 Å². The Hall–Kier alpha value is -0.610. The summed E-state index contributed by atoms with van der Waals surface area (Å²) in [5.74, 6) is 1.03. The molecule has 2 aliphatic rings. The van der Waals surface area contributed by atoms with Gasteiger partial charge in [-0.05, 0) is 31.2 Å². The van der Waals surface area contributed by atoms with Gasteiger partial charge in [0.1, 0.15) is 0 Å². The predicted octanol–water partition coefficient (Wildman–Crippen LogP) is 0.214. The number of carbonyl (C=O) groups excluding carboxylic acids is 1. The van der Waals surface area contributed by atoms with E-state index in [4.69, 9.17) is 0 Å². The van der Waals surface area contributed by atoms with Crippen molar-refractivity contribution < 1.29 is 9.90 Å². The smallest absolute Gasteiger partial charge is 0.240 e. The van der Waals surface area contributed by atoms with Gasteiger partial charge in [0.25, 0.3) is 0 Å². The molecule has 92 valence electrons. The molecular weight excluding hydrogens is 204 g/mol. The summed E-state index contributed by atoms with van der Waals surface area (Å²) >= 11 is 0. The fraction of sp³-hybridized carbons (Fsp3) is 0.917. The number of hydrogen-bond donors (Lipinski definition) is 2. The number of rotatable bonds is 2. The van der Waals surface area contributed by atoms with Gasteiger partial charge in [0, 0.05) is 6.54 Å². The summed E-state index contributed by atoms with van der Waals surface area (Å²) in [6.07, 6.45) is 2.08. The Balaban J connectivity index is 2.04. The summed E-state index contributed by atoms with van der Waals surface area (Å²) in [6.45, 7) is 6.06. The molecule has 1 amide bonds. The molecule has 2 rings (SSSR count). The number of aliphatic hydroxyl groups is 1. The quantitative estimate of drug-likeness (QED) is 0.708. The van der Waals surface area contributed by atoms with E-state index in [9.17, 15) is 9.90 Å². The zero-order chi connectivity index (χ0) is 11.7. The molecule has 2 heterocycles. The topological polar surface area (TPSA) is 52.6 Å². The first-order chi connectivity index (χ1) is 7.65. The van der Waals surface area contributed by atoms with Crippen LogP contribution in [-0.4, -0.2) is 47.7 Å². The van der Waals surface area contributed by atoms with Gasteiger partial charge in [-0.2, -0.15) is 0 Å². The minimum atomic E-state index is -0.0284. The normalized spacial score (nSPS) is 39.3. The molecule has 0 bridgehead atoms. The first-order valence-electron chi connectivity index (χ1n) is 6.30. The monoisotopic (exact) mass is 226 g/mol. The second-order valence-electron chi connectivity index (χ2n) is 5.25. The van der Waals surface area contributed by atoms with Crippen LogP contribution in [0, 0.1) is 11.8 Å². The molecule has 0 aromatic heterocycles. The third-order valence-corrected chi connectivity index (χ3v) is 4.15. The van der Waals surface area contributed by atoms with Gasteiger partial charge in [-0.25, -0.2) is 0 Å². The van der Waals surface area contributed by atoms with Crippen LogP contribution in [0.3, 0.4) is 0 Å². The summed E-state index contributed by atoms with van der Waals surface area (Å²) in [7, 11) is 0. The Morgan fingerprint density at radius 1 is 1.38 bits per heavy atom. The summed E-state index contributed by atoms with van der Waals surface area (Å²) in [6, 6.07) is 0.00134. The Labute approximate surface area is 97.0 Å². The van der Waals surface area contributed by atoms with Gasteiger partial charge in [0.15, 0.2) is 0 Å². The lowest BCUT2D eigenvalue weighted by Crippen LogP contribution is -2.49. The highest BCUT2D eigenvalue weighted by atomic mass is 16.3. The third kappa shape index (κ3) is 1.96. The maximum Gasteiger partial charge on any atom is 0.240 e. The van der Waals surface area contributed by atoms with Crippen molar-refractivity contribution in [3.8, 4) is 0 Å². The molecule has 4 nitrogen and oxygen atoms in total. The summed E-state index contributed by atoms with van der Waals surface area (Å²) in [5.41, 5.74) is 0. The van der Waals surface area contributed by atoms with E-state index in [1.807, 2.05) is 4.90 Å². The van der Waals surface area contributed by atoms with Crippen molar-refractivity contribution in [2.75, 3.05) is 19.7 Å². The van der Waals surface area contributed by atoms with Crippen LogP contribution in [0.1, 0.15) is 26.7 Å². The number of carbonyl (C=O) groups is 1. The van der Waals surface area contributed by atoms with Crippen molar-refractivity contribution in [3.63, 3.8) is 0 Å². The van der Waals surface area contributed by atoms with Crippen molar-refractivity contribution in [3.05, 3.63) is 0 Å². The predicted molar refractivity (Wildman–Crippen MR) is 61.9 cm³/mol. The van der Waals surface area contributed by atoms with Crippen LogP contribution in [0.5, 0.6) is 0 Å². The fourth-order valence-electron chi connectivity index (χ4n) is 2.90. The number of nitrogens with zero attached hydrogens (tertiary/aromatic N) is 1. The molecular formula is C12H22N2O2. The molecule has 0 aromatic carbocycles. The zero-order valence-corrected chi connectivity index (χ0v) is 10.1. The number of amides is 1. The van der Waals surface area contributed by atoms with Crippen LogP contribution in [0.2, 0.25) is 0 Å². The van der Waals surface area contributed by atoms with Crippen molar-refractivity contribution in [1.29, 1.82) is 0 Å². The van der Waals surface area contributed by atoms with Crippen LogP contribution in [0.25, 0.3) is 0 Å². The number of nitrogens with one attached hydrogen (secondary N) is 1. The second kappa shape index (κ2) is 4.72. The lowest BCUT2D eigenvalue weighted by atomic mass is 10.0. The molecule has 2 N–H and O–H groups in total. The molecule has 0 saturated carbocycles. The number of aliphatic hydroxyl groups excluding tert-OH is 1. The first kappa shape index (κ1) is 11.9. The Kier molecular flexibility index (Phi) is 3.50. The molecule has 2 aliphatic heterocycles. The lowest BCUT2D eigenvalue weighted by molar-refractivity contribution is -0.135. The van der Waals surface area contributed by atoms with Gasteiger partial charge in [0.05, 0.1) is 18.7 Å². The van der Waals surface area contributed by atoms with E-state index >= 15 is 0 Å². The molecule has 0 aliphatic carbocycles. The Bertz CT molecular complexity index is 270. The van der Waals surface area contributed by atoms with Crippen LogP contribution in [0.4, 0.5) is 0 Å². The maximum atomic E-state index is 12.3. The van der Waals surface area contributed by atoms with E-state index in [-0.39, 0.29) is 24.6 Å². The van der Waals surface area contributed by atoms with Crippen LogP contribution in [0.15, 0.2) is 0 Å². The molecule has 4 unspecified atom stereocenters. The van der Waals surface area contributed by atoms with Gasteiger partial charge in [-0.15, -0.1) is 0 Å². The van der Waals surface area contributed by atoms with E-state index in [2.05, 4.69) is 19.2 Å². The average Bonchev–Trinajstić information content (AvgIpc) is 2.83. The molecule has 4 atom stereocenters. The highest BCUT2D eigenvalue weighted by Crippen LogP contribution is 2.26. The minimum absolute atomic E-state index is 0.0284. The fourth-order valence-corrected chi connectivity index (χ4v) is 2.90. The SMILES string of the molecule is CC1CCNC1C(=O)N1CCC(C)C1CO. The van der Waals surface area contributed by atoms with E-state index in [0.717, 1.165) is 25.9 Å². The minimum Gasteiger partial charge on any atom is -0.394 e. The molecule has 0 radical (unpaired) electrons. The van der Waals surface area contributed by atoms with Gasteiger partial charge in [0.2, 0.25) is 5.91 Å². The Morgan fingerprint density at radius 2 is 2.12 bits per heavy atom. The molecule has 2 fully saturated rings. The molecule has 4 heteroatoms. The number of likely N-dealkylation sites (tertiary alicyclic amines) is 1. The van der Waals surface area contributed by atoms with Gasteiger partial charge in [-0.1, -0.05) is 13.8 Å². The largest absolute Gasteiger partial charge is 0.394 e. The van der Waals surface area contributed by atoms with Crippen molar-refractivity contribution in [2.45, 2.75) is 38.8 Å². The zero-order valence-electron chi connectivity index (χ0n) is 10.1. The Morgan fingerprint density at radius 3 is 2.69 bits per heavy atom. The molecule has 0 spiro atoms. The van der Waals surface area contributed by atoms with E-state index in [1.165, 1.54) is 0 Å². The molecule has 0 aromatic rings. The lowest BCUT2D eigenvalue weighted by Gasteiger charge is -2.29. The van der Waals surface area contributed by atoms with Gasteiger partial charge >= 0.3 is 0 Å². The standard InChI is InChI=1S/C12H22N2O2/c1-8-4-6-14(10(8)7-15)12(16)11-9(2)3-5-13-11/h8-11,13,15H,3-7H2,1-2H3. The van der Waals surface area contributed by atoms with Crippen LogP contribution in [-0.2, 0) is 4.79 Å². The van der Waals surface area contributed by atoms with Crippen LogP contribution < -0.4 is 5.32 Å². The highest BCUT2D eigenvalue weighted by Gasteiger charge is 2.39. The van der Waals surface area contributed by atoms with Gasteiger partial charge in [-0.3, -0.25) is 4.79 Å². The molecule has 2 saturated heterocycles. The highest BCUT2D eigenvalue weighted by molar-refractivity contribution is 5.83. The third-order valence-electron chi connectivity index (χ3n) is 4.15. The summed E-state index contributed by atoms with van der Waals surface area (Å²) < 4.78 is 0. The number of hydrogen-bond acceptors (Lipinski definition) is 3. The van der Waals surface area contributed by atoms with Crippen molar-refractivity contribution >= 4 is 5.91 Å².